The van der Waals surface area contributed by atoms with Crippen LogP contribution in [0.4, 0.5) is 0 Å². The number of nitrogens with zero attached hydrogens (tertiary/aromatic N) is 4. The fourth-order valence-electron chi connectivity index (χ4n) is 2.95. The molecule has 0 aromatic carbocycles. The molecule has 7 heteroatoms. The molecule has 1 atom stereocenters. The molecule has 0 radical (unpaired) electrons. The number of pyridine rings is 1. The molecule has 4 heterocycles. The number of thiophene rings is 1. The van der Waals surface area contributed by atoms with Crippen LogP contribution in [0.5, 0.6) is 0 Å². The Labute approximate surface area is 143 Å². The Balaban J connectivity index is 1.50. The summed E-state index contributed by atoms with van der Waals surface area (Å²) in [7, 11) is 0. The lowest BCUT2D eigenvalue weighted by atomic mass is 9.97. The maximum Gasteiger partial charge on any atom is 0.253 e. The van der Waals surface area contributed by atoms with Gasteiger partial charge in [-0.15, -0.1) is 0 Å². The Morgan fingerprint density at radius 1 is 1.29 bits per heavy atom. The average molecular weight is 340 g/mol. The smallest absolute Gasteiger partial charge is 0.253 e. The van der Waals surface area contributed by atoms with Crippen molar-refractivity contribution in [1.29, 1.82) is 0 Å². The maximum absolute atomic E-state index is 12.6. The Morgan fingerprint density at radius 3 is 2.96 bits per heavy atom. The molecule has 3 aromatic heterocycles. The molecular formula is C17H16N4O2S. The van der Waals surface area contributed by atoms with Gasteiger partial charge in [-0.1, -0.05) is 5.16 Å². The summed E-state index contributed by atoms with van der Waals surface area (Å²) in [5, 5.41) is 8.05. The van der Waals surface area contributed by atoms with Crippen LogP contribution in [-0.2, 0) is 0 Å². The molecule has 1 unspecified atom stereocenters. The molecule has 1 aliphatic heterocycles. The highest BCUT2D eigenvalue weighted by Gasteiger charge is 2.29. The summed E-state index contributed by atoms with van der Waals surface area (Å²) in [6.07, 6.45) is 5.16. The fourth-order valence-corrected chi connectivity index (χ4v) is 3.58. The van der Waals surface area contributed by atoms with Crippen molar-refractivity contribution in [2.24, 2.45) is 0 Å². The molecule has 1 amide bonds. The fraction of sp³-hybridized carbons (Fsp3) is 0.294. The predicted octanol–water partition coefficient (Wildman–Crippen LogP) is 3.21. The van der Waals surface area contributed by atoms with Crippen LogP contribution < -0.4 is 0 Å². The van der Waals surface area contributed by atoms with Crippen molar-refractivity contribution in [3.63, 3.8) is 0 Å². The van der Waals surface area contributed by atoms with E-state index in [1.54, 1.807) is 35.9 Å². The lowest BCUT2D eigenvalue weighted by Crippen LogP contribution is -2.39. The molecule has 6 nitrogen and oxygen atoms in total. The average Bonchev–Trinajstić information content (AvgIpc) is 3.33. The van der Waals surface area contributed by atoms with E-state index in [-0.39, 0.29) is 11.8 Å². The highest BCUT2D eigenvalue weighted by Crippen LogP contribution is 2.28. The number of likely N-dealkylation sites (tertiary alicyclic amines) is 1. The lowest BCUT2D eigenvalue weighted by Gasteiger charge is -2.31. The van der Waals surface area contributed by atoms with Gasteiger partial charge in [-0.3, -0.25) is 9.78 Å². The van der Waals surface area contributed by atoms with Crippen LogP contribution in [0, 0.1) is 0 Å². The second-order valence-corrected chi connectivity index (χ2v) is 6.57. The van der Waals surface area contributed by atoms with Crippen LogP contribution >= 0.6 is 11.3 Å². The van der Waals surface area contributed by atoms with Crippen LogP contribution in [0.15, 0.2) is 45.9 Å². The minimum atomic E-state index is 0.0275. The zero-order valence-corrected chi connectivity index (χ0v) is 13.8. The molecule has 0 spiro atoms. The SMILES string of the molecule is O=C(c1ccncc1)N1CCCC(c2nc(-c3ccsc3)no2)C1. The number of rotatable bonds is 3. The van der Waals surface area contributed by atoms with Gasteiger partial charge in [0.15, 0.2) is 0 Å². The third-order valence-electron chi connectivity index (χ3n) is 4.21. The van der Waals surface area contributed by atoms with E-state index in [9.17, 15) is 4.79 Å². The Bertz CT molecular complexity index is 816. The predicted molar refractivity (Wildman–Crippen MR) is 89.7 cm³/mol. The van der Waals surface area contributed by atoms with Gasteiger partial charge < -0.3 is 9.42 Å². The number of carbonyl (C=O) groups is 1. The van der Waals surface area contributed by atoms with Gasteiger partial charge in [0.25, 0.3) is 5.91 Å². The molecule has 1 saturated heterocycles. The van der Waals surface area contributed by atoms with Crippen LogP contribution in [0.3, 0.4) is 0 Å². The molecule has 3 aromatic rings. The van der Waals surface area contributed by atoms with E-state index in [1.807, 2.05) is 21.7 Å². The van der Waals surface area contributed by atoms with Gasteiger partial charge in [0.2, 0.25) is 11.7 Å². The molecule has 1 aliphatic rings. The summed E-state index contributed by atoms with van der Waals surface area (Å²) in [6, 6.07) is 5.46. The maximum atomic E-state index is 12.6. The second kappa shape index (κ2) is 6.52. The van der Waals surface area contributed by atoms with Crippen molar-refractivity contribution in [2.45, 2.75) is 18.8 Å². The van der Waals surface area contributed by atoms with Gasteiger partial charge in [-0.2, -0.15) is 16.3 Å². The number of aromatic nitrogens is 3. The number of hydrogen-bond donors (Lipinski definition) is 0. The summed E-state index contributed by atoms with van der Waals surface area (Å²) in [4.78, 5) is 22.9. The van der Waals surface area contributed by atoms with Gasteiger partial charge in [0.1, 0.15) is 0 Å². The number of hydrogen-bond acceptors (Lipinski definition) is 6. The standard InChI is InChI=1S/C17H16N4O2S/c22-17(12-3-6-18-7-4-12)21-8-1-2-13(10-21)16-19-15(20-23-16)14-5-9-24-11-14/h3-7,9,11,13H,1-2,8,10H2. The summed E-state index contributed by atoms with van der Waals surface area (Å²) >= 11 is 1.60. The van der Waals surface area contributed by atoms with Gasteiger partial charge >= 0.3 is 0 Å². The minimum absolute atomic E-state index is 0.0275. The normalized spacial score (nSPS) is 17.8. The van der Waals surface area contributed by atoms with Crippen molar-refractivity contribution in [3.8, 4) is 11.4 Å². The second-order valence-electron chi connectivity index (χ2n) is 5.79. The first-order chi connectivity index (χ1) is 11.8. The Kier molecular flexibility index (Phi) is 4.08. The Hall–Kier alpha value is -2.54. The van der Waals surface area contributed by atoms with Crippen LogP contribution in [0.1, 0.15) is 35.0 Å². The quantitative estimate of drug-likeness (QED) is 0.732. The van der Waals surface area contributed by atoms with E-state index in [0.29, 0.717) is 23.8 Å². The van der Waals surface area contributed by atoms with E-state index in [1.165, 1.54) is 0 Å². The Morgan fingerprint density at radius 2 is 2.17 bits per heavy atom. The zero-order chi connectivity index (χ0) is 16.4. The molecule has 0 bridgehead atoms. The van der Waals surface area contributed by atoms with Crippen LogP contribution in [0.25, 0.3) is 11.4 Å². The van der Waals surface area contributed by atoms with Crippen LogP contribution in [0.2, 0.25) is 0 Å². The van der Waals surface area contributed by atoms with Crippen LogP contribution in [-0.4, -0.2) is 39.0 Å². The number of carbonyl (C=O) groups excluding carboxylic acids is 1. The first-order valence-corrected chi connectivity index (χ1v) is 8.81. The first-order valence-electron chi connectivity index (χ1n) is 7.87. The van der Waals surface area contributed by atoms with Gasteiger partial charge in [0.05, 0.1) is 5.92 Å². The van der Waals surface area contributed by atoms with Crippen molar-refractivity contribution < 1.29 is 9.32 Å². The molecular weight excluding hydrogens is 324 g/mol. The van der Waals surface area contributed by atoms with Gasteiger partial charge in [-0.25, -0.2) is 0 Å². The van der Waals surface area contributed by atoms with Gasteiger partial charge in [0, 0.05) is 42.0 Å². The largest absolute Gasteiger partial charge is 0.339 e. The molecule has 1 fully saturated rings. The number of piperidine rings is 1. The van der Waals surface area contributed by atoms with Crippen molar-refractivity contribution >= 4 is 17.2 Å². The number of amides is 1. The molecule has 4 rings (SSSR count). The van der Waals surface area contributed by atoms with E-state index in [4.69, 9.17) is 4.52 Å². The highest BCUT2D eigenvalue weighted by molar-refractivity contribution is 7.08. The molecule has 0 N–H and O–H groups in total. The molecule has 24 heavy (non-hydrogen) atoms. The monoisotopic (exact) mass is 340 g/mol. The molecule has 0 saturated carbocycles. The van der Waals surface area contributed by atoms with E-state index < -0.39 is 0 Å². The highest BCUT2D eigenvalue weighted by atomic mass is 32.1. The third-order valence-corrected chi connectivity index (χ3v) is 4.89. The summed E-state index contributed by atoms with van der Waals surface area (Å²) in [5.41, 5.74) is 1.63. The zero-order valence-electron chi connectivity index (χ0n) is 13.0. The topological polar surface area (TPSA) is 72.1 Å². The van der Waals surface area contributed by atoms with Crippen molar-refractivity contribution in [3.05, 3.63) is 52.8 Å². The first kappa shape index (κ1) is 15.0. The summed E-state index contributed by atoms with van der Waals surface area (Å²) < 4.78 is 5.46. The summed E-state index contributed by atoms with van der Waals surface area (Å²) in [6.45, 7) is 1.36. The van der Waals surface area contributed by atoms with E-state index >= 15 is 0 Å². The van der Waals surface area contributed by atoms with Crippen molar-refractivity contribution in [1.82, 2.24) is 20.0 Å². The minimum Gasteiger partial charge on any atom is -0.339 e. The molecule has 122 valence electrons. The van der Waals surface area contributed by atoms with Crippen molar-refractivity contribution in [2.75, 3.05) is 13.1 Å². The summed E-state index contributed by atoms with van der Waals surface area (Å²) in [5.74, 6) is 1.34. The van der Waals surface area contributed by atoms with E-state index in [2.05, 4.69) is 15.1 Å². The lowest BCUT2D eigenvalue weighted by molar-refractivity contribution is 0.0695. The third kappa shape index (κ3) is 2.94. The van der Waals surface area contributed by atoms with Gasteiger partial charge in [-0.05, 0) is 36.4 Å². The molecule has 0 aliphatic carbocycles. The van der Waals surface area contributed by atoms with E-state index in [0.717, 1.165) is 24.9 Å².